The summed E-state index contributed by atoms with van der Waals surface area (Å²) in [7, 11) is 0. The van der Waals surface area contributed by atoms with Crippen LogP contribution in [0.25, 0.3) is 0 Å². The number of allylic oxidation sites excluding steroid dienone is 5. The fourth-order valence-corrected chi connectivity index (χ4v) is 0.795. The number of esters is 1. The molecule has 0 aliphatic carbocycles. The van der Waals surface area contributed by atoms with Crippen LogP contribution in [-0.2, 0) is 9.53 Å². The number of carbonyl (C=O) groups is 1. The Bertz CT molecular complexity index is 234. The standard InChI is InChI=1S/C11H16O2/c1-4-7-10(5-2)8-9-11(12)13-6-3/h4-5,7-9H,6H2,1-3H3. The largest absolute Gasteiger partial charge is 0.463 e. The maximum absolute atomic E-state index is 10.9. The van der Waals surface area contributed by atoms with Crippen molar-refractivity contribution >= 4 is 5.97 Å². The fourth-order valence-electron chi connectivity index (χ4n) is 0.795. The Labute approximate surface area is 79.6 Å². The van der Waals surface area contributed by atoms with Gasteiger partial charge in [-0.05, 0) is 32.4 Å². The van der Waals surface area contributed by atoms with E-state index in [0.717, 1.165) is 5.57 Å². The lowest BCUT2D eigenvalue weighted by molar-refractivity contribution is -0.137. The summed E-state index contributed by atoms with van der Waals surface area (Å²) in [6.07, 6.45) is 8.94. The highest BCUT2D eigenvalue weighted by atomic mass is 16.5. The summed E-state index contributed by atoms with van der Waals surface area (Å²) in [5.74, 6) is -0.300. The average Bonchev–Trinajstić information content (AvgIpc) is 2.12. The fraction of sp³-hybridized carbons (Fsp3) is 0.364. The van der Waals surface area contributed by atoms with Crippen molar-refractivity contribution < 1.29 is 9.53 Å². The zero-order chi connectivity index (χ0) is 10.1. The molecule has 2 heteroatoms. The Hall–Kier alpha value is -1.31. The van der Waals surface area contributed by atoms with E-state index in [1.165, 1.54) is 6.08 Å². The third kappa shape index (κ3) is 5.91. The zero-order valence-electron chi connectivity index (χ0n) is 8.41. The van der Waals surface area contributed by atoms with Crippen LogP contribution in [0.4, 0.5) is 0 Å². The highest BCUT2D eigenvalue weighted by Crippen LogP contribution is 1.99. The Morgan fingerprint density at radius 2 is 1.92 bits per heavy atom. The summed E-state index contributed by atoms with van der Waals surface area (Å²) in [6, 6.07) is 0. The molecule has 0 aromatic carbocycles. The van der Waals surface area contributed by atoms with E-state index in [2.05, 4.69) is 0 Å². The van der Waals surface area contributed by atoms with Gasteiger partial charge in [0.05, 0.1) is 6.61 Å². The quantitative estimate of drug-likeness (QED) is 0.377. The van der Waals surface area contributed by atoms with Crippen LogP contribution in [0.5, 0.6) is 0 Å². The van der Waals surface area contributed by atoms with Gasteiger partial charge in [-0.25, -0.2) is 4.79 Å². The second kappa shape index (κ2) is 7.35. The van der Waals surface area contributed by atoms with Gasteiger partial charge in [0, 0.05) is 6.08 Å². The third-order valence-electron chi connectivity index (χ3n) is 1.39. The van der Waals surface area contributed by atoms with Crippen molar-refractivity contribution in [1.29, 1.82) is 0 Å². The Morgan fingerprint density at radius 3 is 2.38 bits per heavy atom. The van der Waals surface area contributed by atoms with Gasteiger partial charge < -0.3 is 4.74 Å². The molecule has 0 saturated carbocycles. The number of carbonyl (C=O) groups excluding carboxylic acids is 1. The molecule has 0 spiro atoms. The van der Waals surface area contributed by atoms with Crippen molar-refractivity contribution in [3.63, 3.8) is 0 Å². The molecule has 13 heavy (non-hydrogen) atoms. The Balaban J connectivity index is 4.16. The van der Waals surface area contributed by atoms with E-state index in [1.54, 1.807) is 13.0 Å². The summed E-state index contributed by atoms with van der Waals surface area (Å²) >= 11 is 0. The van der Waals surface area contributed by atoms with Gasteiger partial charge in [-0.15, -0.1) is 0 Å². The first-order chi connectivity index (χ1) is 6.24. The van der Waals surface area contributed by atoms with Crippen LogP contribution in [0.15, 0.2) is 36.0 Å². The smallest absolute Gasteiger partial charge is 0.330 e. The first-order valence-electron chi connectivity index (χ1n) is 4.38. The number of rotatable bonds is 4. The maximum atomic E-state index is 10.9. The number of hydrogen-bond acceptors (Lipinski definition) is 2. The molecule has 0 atom stereocenters. The van der Waals surface area contributed by atoms with E-state index in [4.69, 9.17) is 4.74 Å². The molecular weight excluding hydrogens is 164 g/mol. The van der Waals surface area contributed by atoms with Crippen molar-refractivity contribution in [2.24, 2.45) is 0 Å². The molecule has 0 rings (SSSR count). The van der Waals surface area contributed by atoms with E-state index in [1.807, 2.05) is 32.1 Å². The molecule has 0 aromatic heterocycles. The van der Waals surface area contributed by atoms with E-state index in [0.29, 0.717) is 6.61 Å². The van der Waals surface area contributed by atoms with Crippen LogP contribution < -0.4 is 0 Å². The zero-order valence-corrected chi connectivity index (χ0v) is 8.41. The summed E-state index contributed by atoms with van der Waals surface area (Å²) < 4.78 is 4.74. The van der Waals surface area contributed by atoms with E-state index in [9.17, 15) is 4.79 Å². The summed E-state index contributed by atoms with van der Waals surface area (Å²) in [5, 5.41) is 0. The van der Waals surface area contributed by atoms with Crippen LogP contribution in [-0.4, -0.2) is 12.6 Å². The van der Waals surface area contributed by atoms with Gasteiger partial charge in [0.2, 0.25) is 0 Å². The summed E-state index contributed by atoms with van der Waals surface area (Å²) in [4.78, 5) is 10.9. The van der Waals surface area contributed by atoms with Gasteiger partial charge >= 0.3 is 5.97 Å². The predicted molar refractivity (Wildman–Crippen MR) is 54.3 cm³/mol. The second-order valence-electron chi connectivity index (χ2n) is 2.37. The first kappa shape index (κ1) is 11.7. The average molecular weight is 180 g/mol. The van der Waals surface area contributed by atoms with Gasteiger partial charge in [0.25, 0.3) is 0 Å². The minimum atomic E-state index is -0.300. The maximum Gasteiger partial charge on any atom is 0.330 e. The molecule has 2 nitrogen and oxygen atoms in total. The van der Waals surface area contributed by atoms with Crippen LogP contribution in [0.2, 0.25) is 0 Å². The van der Waals surface area contributed by atoms with Crippen molar-refractivity contribution in [3.05, 3.63) is 36.0 Å². The molecular formula is C11H16O2. The minimum Gasteiger partial charge on any atom is -0.463 e. The van der Waals surface area contributed by atoms with E-state index in [-0.39, 0.29) is 5.97 Å². The van der Waals surface area contributed by atoms with Gasteiger partial charge in [-0.3, -0.25) is 0 Å². The van der Waals surface area contributed by atoms with Gasteiger partial charge in [0.15, 0.2) is 0 Å². The van der Waals surface area contributed by atoms with Crippen molar-refractivity contribution in [1.82, 2.24) is 0 Å². The molecule has 0 fully saturated rings. The first-order valence-corrected chi connectivity index (χ1v) is 4.38. The monoisotopic (exact) mass is 180 g/mol. The lowest BCUT2D eigenvalue weighted by atomic mass is 10.2. The Kier molecular flexibility index (Phi) is 6.60. The summed E-state index contributed by atoms with van der Waals surface area (Å²) in [6.45, 7) is 6.05. The molecule has 0 unspecified atom stereocenters. The van der Waals surface area contributed by atoms with Crippen LogP contribution in [0, 0.1) is 0 Å². The Morgan fingerprint density at radius 1 is 1.23 bits per heavy atom. The predicted octanol–water partition coefficient (Wildman–Crippen LogP) is 2.63. The van der Waals surface area contributed by atoms with E-state index >= 15 is 0 Å². The summed E-state index contributed by atoms with van der Waals surface area (Å²) in [5.41, 5.74) is 0.996. The van der Waals surface area contributed by atoms with Crippen molar-refractivity contribution in [2.45, 2.75) is 20.8 Å². The highest BCUT2D eigenvalue weighted by Gasteiger charge is 1.92. The van der Waals surface area contributed by atoms with Gasteiger partial charge in [0.1, 0.15) is 0 Å². The molecule has 0 radical (unpaired) electrons. The molecule has 72 valence electrons. The number of ether oxygens (including phenoxy) is 1. The molecule has 0 aliphatic rings. The molecule has 0 bridgehead atoms. The molecule has 0 saturated heterocycles. The van der Waals surface area contributed by atoms with Crippen LogP contribution in [0.1, 0.15) is 20.8 Å². The van der Waals surface area contributed by atoms with Crippen molar-refractivity contribution in [3.8, 4) is 0 Å². The molecule has 0 N–H and O–H groups in total. The number of hydrogen-bond donors (Lipinski definition) is 0. The van der Waals surface area contributed by atoms with Gasteiger partial charge in [-0.1, -0.05) is 18.2 Å². The van der Waals surface area contributed by atoms with Crippen LogP contribution in [0.3, 0.4) is 0 Å². The lowest BCUT2D eigenvalue weighted by Crippen LogP contribution is -1.98. The second-order valence-corrected chi connectivity index (χ2v) is 2.37. The molecule has 0 aliphatic heterocycles. The highest BCUT2D eigenvalue weighted by molar-refractivity contribution is 5.82. The lowest BCUT2D eigenvalue weighted by Gasteiger charge is -1.94. The molecule has 0 aromatic rings. The molecule has 0 heterocycles. The normalized spacial score (nSPS) is 12.7. The third-order valence-corrected chi connectivity index (χ3v) is 1.39. The van der Waals surface area contributed by atoms with Gasteiger partial charge in [-0.2, -0.15) is 0 Å². The van der Waals surface area contributed by atoms with E-state index < -0.39 is 0 Å². The molecule has 0 amide bonds. The SMILES string of the molecule is CC=CC(C=CC(=O)OCC)=CC. The van der Waals surface area contributed by atoms with Crippen molar-refractivity contribution in [2.75, 3.05) is 6.61 Å². The minimum absolute atomic E-state index is 0.300. The topological polar surface area (TPSA) is 26.3 Å². The van der Waals surface area contributed by atoms with Crippen LogP contribution >= 0.6 is 0 Å².